The summed E-state index contributed by atoms with van der Waals surface area (Å²) in [5.41, 5.74) is 0. The Hall–Kier alpha value is -0.940. The SMILES string of the molecule is Cn1c(CN2CCCCC2)nnc1C1CCN(C2CCCCC2)CC1. The maximum atomic E-state index is 4.61. The molecule has 3 heterocycles. The molecule has 140 valence electrons. The first-order valence-corrected chi connectivity index (χ1v) is 10.7. The summed E-state index contributed by atoms with van der Waals surface area (Å²) in [6.07, 6.45) is 13.8. The van der Waals surface area contributed by atoms with E-state index < -0.39 is 0 Å². The molecule has 2 saturated heterocycles. The molecule has 1 aliphatic carbocycles. The summed E-state index contributed by atoms with van der Waals surface area (Å²) < 4.78 is 2.30. The molecule has 3 fully saturated rings. The van der Waals surface area contributed by atoms with Crippen molar-refractivity contribution < 1.29 is 0 Å². The summed E-state index contributed by atoms with van der Waals surface area (Å²) in [4.78, 5) is 5.31. The number of nitrogens with zero attached hydrogens (tertiary/aromatic N) is 5. The smallest absolute Gasteiger partial charge is 0.146 e. The summed E-state index contributed by atoms with van der Waals surface area (Å²) in [6, 6.07) is 0.865. The molecule has 0 N–H and O–H groups in total. The molecule has 0 bridgehead atoms. The number of likely N-dealkylation sites (tertiary alicyclic amines) is 2. The molecule has 5 nitrogen and oxygen atoms in total. The lowest BCUT2D eigenvalue weighted by Crippen LogP contribution is -2.42. The Balaban J connectivity index is 1.33. The van der Waals surface area contributed by atoms with Crippen molar-refractivity contribution in [1.29, 1.82) is 0 Å². The van der Waals surface area contributed by atoms with E-state index in [9.17, 15) is 0 Å². The lowest BCUT2D eigenvalue weighted by atomic mass is 9.90. The fourth-order valence-corrected chi connectivity index (χ4v) is 5.16. The maximum absolute atomic E-state index is 4.61. The maximum Gasteiger partial charge on any atom is 0.146 e. The highest BCUT2D eigenvalue weighted by Crippen LogP contribution is 2.31. The Bertz CT molecular complexity index is 534. The minimum Gasteiger partial charge on any atom is -0.317 e. The van der Waals surface area contributed by atoms with E-state index in [0.717, 1.165) is 18.4 Å². The highest BCUT2D eigenvalue weighted by atomic mass is 15.3. The van der Waals surface area contributed by atoms with E-state index in [0.29, 0.717) is 5.92 Å². The molecule has 1 saturated carbocycles. The number of piperidine rings is 2. The van der Waals surface area contributed by atoms with Crippen LogP contribution in [0.2, 0.25) is 0 Å². The van der Waals surface area contributed by atoms with Crippen LogP contribution in [-0.4, -0.2) is 56.8 Å². The first-order valence-electron chi connectivity index (χ1n) is 10.7. The highest BCUT2D eigenvalue weighted by molar-refractivity contribution is 5.04. The fourth-order valence-electron chi connectivity index (χ4n) is 5.16. The van der Waals surface area contributed by atoms with Crippen LogP contribution in [-0.2, 0) is 13.6 Å². The monoisotopic (exact) mass is 345 g/mol. The summed E-state index contributed by atoms with van der Waals surface area (Å²) in [7, 11) is 2.18. The summed E-state index contributed by atoms with van der Waals surface area (Å²) in [6.45, 7) is 5.93. The molecule has 1 aromatic heterocycles. The predicted molar refractivity (Wildman–Crippen MR) is 101 cm³/mol. The Morgan fingerprint density at radius 3 is 2.20 bits per heavy atom. The van der Waals surface area contributed by atoms with Crippen LogP contribution in [0.4, 0.5) is 0 Å². The zero-order valence-electron chi connectivity index (χ0n) is 16.0. The molecule has 0 amide bonds. The van der Waals surface area contributed by atoms with Gasteiger partial charge in [-0.3, -0.25) is 4.90 Å². The van der Waals surface area contributed by atoms with Crippen molar-refractivity contribution in [2.45, 2.75) is 82.7 Å². The second-order valence-corrected chi connectivity index (χ2v) is 8.47. The van der Waals surface area contributed by atoms with E-state index in [-0.39, 0.29) is 0 Å². The van der Waals surface area contributed by atoms with Crippen LogP contribution in [0.3, 0.4) is 0 Å². The van der Waals surface area contributed by atoms with E-state index in [1.54, 1.807) is 0 Å². The van der Waals surface area contributed by atoms with Gasteiger partial charge in [-0.2, -0.15) is 0 Å². The van der Waals surface area contributed by atoms with Gasteiger partial charge >= 0.3 is 0 Å². The van der Waals surface area contributed by atoms with E-state index >= 15 is 0 Å². The molecule has 0 unspecified atom stereocenters. The van der Waals surface area contributed by atoms with Gasteiger partial charge in [0.25, 0.3) is 0 Å². The van der Waals surface area contributed by atoms with Crippen molar-refractivity contribution in [2.75, 3.05) is 26.2 Å². The van der Waals surface area contributed by atoms with Gasteiger partial charge in [-0.25, -0.2) is 0 Å². The second kappa shape index (κ2) is 8.17. The molecule has 3 aliphatic rings. The summed E-state index contributed by atoms with van der Waals surface area (Å²) in [5, 5.41) is 9.16. The lowest BCUT2D eigenvalue weighted by Gasteiger charge is -2.39. The van der Waals surface area contributed by atoms with Gasteiger partial charge in [-0.05, 0) is 64.7 Å². The van der Waals surface area contributed by atoms with Gasteiger partial charge in [0, 0.05) is 19.0 Å². The van der Waals surface area contributed by atoms with Crippen LogP contribution >= 0.6 is 0 Å². The van der Waals surface area contributed by atoms with Crippen molar-refractivity contribution >= 4 is 0 Å². The molecule has 1 aromatic rings. The Labute approximate surface area is 152 Å². The molecule has 2 aliphatic heterocycles. The topological polar surface area (TPSA) is 37.2 Å². The molecule has 4 rings (SSSR count). The Kier molecular flexibility index (Phi) is 5.71. The molecule has 5 heteroatoms. The molecule has 0 aromatic carbocycles. The molecular weight excluding hydrogens is 310 g/mol. The summed E-state index contributed by atoms with van der Waals surface area (Å²) >= 11 is 0. The molecule has 0 spiro atoms. The first kappa shape index (κ1) is 17.5. The van der Waals surface area contributed by atoms with Crippen molar-refractivity contribution in [3.05, 3.63) is 11.6 Å². The molecule has 0 radical (unpaired) electrons. The number of hydrogen-bond acceptors (Lipinski definition) is 4. The predicted octanol–water partition coefficient (Wildman–Crippen LogP) is 3.31. The minimum atomic E-state index is 0.604. The van der Waals surface area contributed by atoms with Crippen LogP contribution in [0.15, 0.2) is 0 Å². The van der Waals surface area contributed by atoms with Gasteiger partial charge < -0.3 is 9.47 Å². The largest absolute Gasteiger partial charge is 0.317 e. The van der Waals surface area contributed by atoms with Gasteiger partial charge in [0.15, 0.2) is 0 Å². The minimum absolute atomic E-state index is 0.604. The third kappa shape index (κ3) is 4.08. The molecule has 25 heavy (non-hydrogen) atoms. The Morgan fingerprint density at radius 1 is 0.800 bits per heavy atom. The van der Waals surface area contributed by atoms with Crippen molar-refractivity contribution in [3.8, 4) is 0 Å². The second-order valence-electron chi connectivity index (χ2n) is 8.47. The van der Waals surface area contributed by atoms with E-state index in [1.165, 1.54) is 96.2 Å². The number of rotatable bonds is 4. The average Bonchev–Trinajstić information content (AvgIpc) is 3.04. The van der Waals surface area contributed by atoms with Crippen LogP contribution in [0.1, 0.15) is 81.8 Å². The van der Waals surface area contributed by atoms with Gasteiger partial charge in [-0.1, -0.05) is 25.7 Å². The van der Waals surface area contributed by atoms with Gasteiger partial charge in [-0.15, -0.1) is 10.2 Å². The summed E-state index contributed by atoms with van der Waals surface area (Å²) in [5.74, 6) is 2.99. The van der Waals surface area contributed by atoms with Crippen LogP contribution < -0.4 is 0 Å². The zero-order chi connectivity index (χ0) is 17.1. The quantitative estimate of drug-likeness (QED) is 0.839. The van der Waals surface area contributed by atoms with E-state index in [2.05, 4.69) is 31.6 Å². The van der Waals surface area contributed by atoms with Gasteiger partial charge in [0.1, 0.15) is 11.6 Å². The third-order valence-electron chi connectivity index (χ3n) is 6.80. The van der Waals surface area contributed by atoms with Gasteiger partial charge in [0.05, 0.1) is 6.54 Å². The lowest BCUT2D eigenvalue weighted by molar-refractivity contribution is 0.120. The van der Waals surface area contributed by atoms with E-state index in [1.807, 2.05) is 0 Å². The standard InChI is InChI=1S/C20H35N5/c1-23-19(16-24-12-6-3-7-13-24)21-22-20(23)17-10-14-25(15-11-17)18-8-4-2-5-9-18/h17-18H,2-16H2,1H3. The number of aromatic nitrogens is 3. The molecular formula is C20H35N5. The van der Waals surface area contributed by atoms with Crippen LogP contribution in [0.5, 0.6) is 0 Å². The zero-order valence-corrected chi connectivity index (χ0v) is 16.0. The normalized spacial score (nSPS) is 25.5. The van der Waals surface area contributed by atoms with E-state index in [4.69, 9.17) is 0 Å². The number of hydrogen-bond donors (Lipinski definition) is 0. The average molecular weight is 346 g/mol. The van der Waals surface area contributed by atoms with Crippen LogP contribution in [0, 0.1) is 0 Å². The van der Waals surface area contributed by atoms with Crippen LogP contribution in [0.25, 0.3) is 0 Å². The highest BCUT2D eigenvalue weighted by Gasteiger charge is 2.29. The molecule has 0 atom stereocenters. The first-order chi connectivity index (χ1) is 12.3. The van der Waals surface area contributed by atoms with Crippen molar-refractivity contribution in [2.24, 2.45) is 7.05 Å². The van der Waals surface area contributed by atoms with Crippen molar-refractivity contribution in [1.82, 2.24) is 24.6 Å². The van der Waals surface area contributed by atoms with Crippen molar-refractivity contribution in [3.63, 3.8) is 0 Å². The third-order valence-corrected chi connectivity index (χ3v) is 6.80. The van der Waals surface area contributed by atoms with Gasteiger partial charge in [0.2, 0.25) is 0 Å². The Morgan fingerprint density at radius 2 is 1.48 bits per heavy atom. The fraction of sp³-hybridized carbons (Fsp3) is 0.900.